The molecule has 0 fully saturated rings. The molecular weight excluding hydrogens is 380 g/mol. The Morgan fingerprint density at radius 3 is 2.26 bits per heavy atom. The first kappa shape index (κ1) is 22.2. The number of hydrogen-bond acceptors (Lipinski definition) is 2. The Hall–Kier alpha value is -2.03. The summed E-state index contributed by atoms with van der Waals surface area (Å²) in [7, 11) is 0. The van der Waals surface area contributed by atoms with Gasteiger partial charge >= 0.3 is 0 Å². The van der Waals surface area contributed by atoms with Gasteiger partial charge in [-0.2, -0.15) is 0 Å². The van der Waals surface area contributed by atoms with E-state index in [1.165, 1.54) is 86.1 Å². The fourth-order valence-corrected chi connectivity index (χ4v) is 5.09. The summed E-state index contributed by atoms with van der Waals surface area (Å²) in [4.78, 5) is 4.86. The van der Waals surface area contributed by atoms with Gasteiger partial charge in [0.15, 0.2) is 0 Å². The van der Waals surface area contributed by atoms with Crippen LogP contribution in [0.3, 0.4) is 0 Å². The van der Waals surface area contributed by atoms with Crippen molar-refractivity contribution in [3.8, 4) is 5.75 Å². The number of benzene rings is 2. The van der Waals surface area contributed by atoms with Crippen molar-refractivity contribution in [2.75, 3.05) is 0 Å². The molecule has 0 aliphatic carbocycles. The molecule has 2 aromatic carbocycles. The fourth-order valence-electron chi connectivity index (χ4n) is 5.09. The monoisotopic (exact) mass is 420 g/mol. The Balaban J connectivity index is 1.42. The second-order valence-corrected chi connectivity index (χ2v) is 10.0. The van der Waals surface area contributed by atoms with E-state index < -0.39 is 0 Å². The SMILES string of the molecule is CCCCCCCCCCCCn1cnc2c3ccccc3c3c(c21)CCC(C)(C)O3. The fraction of sp³-hybridized carbons (Fsp3) is 0.607. The minimum absolute atomic E-state index is 0.106. The maximum Gasteiger partial charge on any atom is 0.133 e. The van der Waals surface area contributed by atoms with Gasteiger partial charge in [0.05, 0.1) is 17.4 Å². The van der Waals surface area contributed by atoms with Crippen LogP contribution in [0, 0.1) is 0 Å². The normalized spacial score (nSPS) is 15.3. The average Bonchev–Trinajstić information content (AvgIpc) is 3.19. The summed E-state index contributed by atoms with van der Waals surface area (Å²) in [6.07, 6.45) is 17.9. The van der Waals surface area contributed by atoms with Crippen molar-refractivity contribution in [3.05, 3.63) is 36.2 Å². The Morgan fingerprint density at radius 1 is 0.903 bits per heavy atom. The molecule has 2 heterocycles. The van der Waals surface area contributed by atoms with Crippen LogP contribution in [-0.2, 0) is 13.0 Å². The largest absolute Gasteiger partial charge is 0.487 e. The standard InChI is InChI=1S/C28H40N2O/c1-4-5-6-7-8-9-10-11-12-15-20-30-21-29-25-22-16-13-14-17-23(22)27-24(26(25)30)18-19-28(2,3)31-27/h13-14,16-17,21H,4-12,15,18-20H2,1-3H3. The highest BCUT2D eigenvalue weighted by Crippen LogP contribution is 2.43. The number of nitrogens with zero attached hydrogens (tertiary/aromatic N) is 2. The zero-order chi connectivity index (χ0) is 21.7. The lowest BCUT2D eigenvalue weighted by molar-refractivity contribution is 0.0873. The molecule has 3 aromatic rings. The molecule has 3 heteroatoms. The van der Waals surface area contributed by atoms with Gasteiger partial charge in [-0.1, -0.05) is 89.0 Å². The molecule has 0 bridgehead atoms. The van der Waals surface area contributed by atoms with Crippen molar-refractivity contribution in [1.29, 1.82) is 0 Å². The van der Waals surface area contributed by atoms with E-state index in [1.54, 1.807) is 0 Å². The van der Waals surface area contributed by atoms with Crippen LogP contribution < -0.4 is 4.74 Å². The molecule has 0 atom stereocenters. The minimum atomic E-state index is -0.106. The number of imidazole rings is 1. The maximum atomic E-state index is 6.53. The van der Waals surface area contributed by atoms with Gasteiger partial charge in [0, 0.05) is 22.9 Å². The number of unbranched alkanes of at least 4 members (excludes halogenated alkanes) is 9. The lowest BCUT2D eigenvalue weighted by Crippen LogP contribution is -2.33. The molecule has 0 saturated heterocycles. The summed E-state index contributed by atoms with van der Waals surface area (Å²) in [5.74, 6) is 1.09. The van der Waals surface area contributed by atoms with Gasteiger partial charge in [-0.3, -0.25) is 0 Å². The van der Waals surface area contributed by atoms with Gasteiger partial charge in [-0.25, -0.2) is 4.98 Å². The third-order valence-electron chi connectivity index (χ3n) is 6.93. The number of aromatic nitrogens is 2. The van der Waals surface area contributed by atoms with E-state index in [-0.39, 0.29) is 5.60 Å². The number of hydrogen-bond donors (Lipinski definition) is 0. The van der Waals surface area contributed by atoms with Gasteiger partial charge in [0.1, 0.15) is 11.4 Å². The Bertz CT molecular complexity index is 1000. The average molecular weight is 421 g/mol. The molecule has 0 radical (unpaired) electrons. The number of rotatable bonds is 11. The lowest BCUT2D eigenvalue weighted by atomic mass is 9.91. The van der Waals surface area contributed by atoms with Crippen LogP contribution in [0.25, 0.3) is 21.8 Å². The molecule has 4 rings (SSSR count). The lowest BCUT2D eigenvalue weighted by Gasteiger charge is -2.34. The van der Waals surface area contributed by atoms with Crippen LogP contribution in [0.1, 0.15) is 97.0 Å². The van der Waals surface area contributed by atoms with Crippen molar-refractivity contribution in [3.63, 3.8) is 0 Å². The molecular formula is C28H40N2O. The highest BCUT2D eigenvalue weighted by Gasteiger charge is 2.31. The third kappa shape index (κ3) is 5.07. The molecule has 0 spiro atoms. The van der Waals surface area contributed by atoms with Crippen LogP contribution in [0.5, 0.6) is 5.75 Å². The smallest absolute Gasteiger partial charge is 0.133 e. The van der Waals surface area contributed by atoms with Crippen LogP contribution >= 0.6 is 0 Å². The predicted molar refractivity (Wildman–Crippen MR) is 132 cm³/mol. The van der Waals surface area contributed by atoms with E-state index in [0.29, 0.717) is 0 Å². The van der Waals surface area contributed by atoms with Crippen LogP contribution in [0.2, 0.25) is 0 Å². The van der Waals surface area contributed by atoms with Crippen molar-refractivity contribution >= 4 is 21.8 Å². The molecule has 1 aliphatic rings. The number of ether oxygens (including phenoxy) is 1. The van der Waals surface area contributed by atoms with Crippen molar-refractivity contribution in [1.82, 2.24) is 9.55 Å². The van der Waals surface area contributed by atoms with E-state index in [0.717, 1.165) is 30.7 Å². The summed E-state index contributed by atoms with van der Waals surface area (Å²) in [6.45, 7) is 7.75. The molecule has 1 aromatic heterocycles. The van der Waals surface area contributed by atoms with E-state index >= 15 is 0 Å². The second-order valence-electron chi connectivity index (χ2n) is 10.0. The quantitative estimate of drug-likeness (QED) is 0.292. The van der Waals surface area contributed by atoms with E-state index in [2.05, 4.69) is 55.9 Å². The molecule has 0 saturated carbocycles. The molecule has 1 aliphatic heterocycles. The maximum absolute atomic E-state index is 6.53. The van der Waals surface area contributed by atoms with Gasteiger partial charge in [0.25, 0.3) is 0 Å². The summed E-state index contributed by atoms with van der Waals surface area (Å²) < 4.78 is 8.92. The van der Waals surface area contributed by atoms with Crippen LogP contribution in [-0.4, -0.2) is 15.2 Å². The Kier molecular flexibility index (Phi) is 7.20. The number of fused-ring (bicyclic) bond motifs is 6. The summed E-state index contributed by atoms with van der Waals surface area (Å²) in [5, 5.41) is 2.43. The summed E-state index contributed by atoms with van der Waals surface area (Å²) in [5.41, 5.74) is 3.70. The zero-order valence-corrected chi connectivity index (χ0v) is 19.9. The van der Waals surface area contributed by atoms with Crippen molar-refractivity contribution in [2.45, 2.75) is 110 Å². The predicted octanol–water partition coefficient (Wildman–Crippen LogP) is 8.21. The van der Waals surface area contributed by atoms with E-state index in [9.17, 15) is 0 Å². The molecule has 3 nitrogen and oxygen atoms in total. The highest BCUT2D eigenvalue weighted by molar-refractivity contribution is 6.09. The number of aryl methyl sites for hydroxylation is 2. The van der Waals surface area contributed by atoms with E-state index in [4.69, 9.17) is 9.72 Å². The van der Waals surface area contributed by atoms with Gasteiger partial charge < -0.3 is 9.30 Å². The molecule has 0 unspecified atom stereocenters. The minimum Gasteiger partial charge on any atom is -0.487 e. The topological polar surface area (TPSA) is 27.1 Å². The van der Waals surface area contributed by atoms with Gasteiger partial charge in [-0.05, 0) is 33.1 Å². The van der Waals surface area contributed by atoms with Crippen molar-refractivity contribution in [2.24, 2.45) is 0 Å². The van der Waals surface area contributed by atoms with Crippen molar-refractivity contribution < 1.29 is 4.74 Å². The Morgan fingerprint density at radius 2 is 1.55 bits per heavy atom. The van der Waals surface area contributed by atoms with Gasteiger partial charge in [-0.15, -0.1) is 0 Å². The first-order chi connectivity index (χ1) is 15.1. The van der Waals surface area contributed by atoms with E-state index in [1.807, 2.05) is 0 Å². The zero-order valence-electron chi connectivity index (χ0n) is 19.9. The second kappa shape index (κ2) is 10.1. The molecule has 31 heavy (non-hydrogen) atoms. The summed E-state index contributed by atoms with van der Waals surface area (Å²) in [6, 6.07) is 8.61. The third-order valence-corrected chi connectivity index (χ3v) is 6.93. The first-order valence-electron chi connectivity index (χ1n) is 12.7. The molecule has 0 amide bonds. The first-order valence-corrected chi connectivity index (χ1v) is 12.7. The Labute approximate surface area is 188 Å². The van der Waals surface area contributed by atoms with Crippen LogP contribution in [0.4, 0.5) is 0 Å². The molecule has 0 N–H and O–H groups in total. The summed E-state index contributed by atoms with van der Waals surface area (Å²) >= 11 is 0. The molecule has 168 valence electrons. The van der Waals surface area contributed by atoms with Crippen LogP contribution in [0.15, 0.2) is 30.6 Å². The van der Waals surface area contributed by atoms with Gasteiger partial charge in [0.2, 0.25) is 0 Å². The highest BCUT2D eigenvalue weighted by atomic mass is 16.5.